The first-order valence-electron chi connectivity index (χ1n) is 8.09. The number of nitrogens with zero attached hydrogens (tertiary/aromatic N) is 2. The van der Waals surface area contributed by atoms with Gasteiger partial charge in [0.1, 0.15) is 0 Å². The normalized spacial score (nSPS) is 12.6. The molecule has 26 heavy (non-hydrogen) atoms. The maximum Gasteiger partial charge on any atom is 0.189 e. The van der Waals surface area contributed by atoms with Crippen molar-refractivity contribution in [2.45, 2.75) is 26.1 Å². The van der Waals surface area contributed by atoms with E-state index in [9.17, 15) is 0 Å². The van der Waals surface area contributed by atoms with Gasteiger partial charge in [0, 0.05) is 16.6 Å². The number of nitrogens with one attached hydrogen (secondary N) is 1. The van der Waals surface area contributed by atoms with E-state index in [1.54, 1.807) is 6.07 Å². The van der Waals surface area contributed by atoms with Gasteiger partial charge >= 0.3 is 0 Å². The predicted molar refractivity (Wildman–Crippen MR) is 123 cm³/mol. The molecule has 0 heterocycles. The lowest BCUT2D eigenvalue weighted by atomic mass is 10.1. The van der Waals surface area contributed by atoms with Gasteiger partial charge in [-0.2, -0.15) is 0 Å². The van der Waals surface area contributed by atoms with Crippen LogP contribution in [0.2, 0.25) is 10.0 Å². The average Bonchev–Trinajstić information content (AvgIpc) is 2.53. The number of hydrogen-bond donors (Lipinski definition) is 2. The van der Waals surface area contributed by atoms with Crippen LogP contribution in [0.1, 0.15) is 29.7 Å². The Bertz CT molecular complexity index is 733. The summed E-state index contributed by atoms with van der Waals surface area (Å²) in [6.45, 7) is 3.43. The van der Waals surface area contributed by atoms with Crippen LogP contribution < -0.4 is 11.1 Å². The first kappa shape index (κ1) is 23.0. The third-order valence-electron chi connectivity index (χ3n) is 3.75. The number of aliphatic imine (C=N–C) groups is 1. The van der Waals surface area contributed by atoms with Crippen molar-refractivity contribution in [2.24, 2.45) is 10.7 Å². The molecule has 0 aliphatic rings. The number of guanidine groups is 1. The molecule has 2 aromatic rings. The lowest BCUT2D eigenvalue weighted by Crippen LogP contribution is -2.34. The Kier molecular flexibility index (Phi) is 9.71. The van der Waals surface area contributed by atoms with Gasteiger partial charge in [-0.15, -0.1) is 24.0 Å². The van der Waals surface area contributed by atoms with Crippen LogP contribution in [0.25, 0.3) is 0 Å². The second-order valence-electron chi connectivity index (χ2n) is 6.29. The second-order valence-corrected chi connectivity index (χ2v) is 7.13. The van der Waals surface area contributed by atoms with Crippen molar-refractivity contribution < 1.29 is 0 Å². The molecule has 0 saturated heterocycles. The van der Waals surface area contributed by atoms with E-state index in [-0.39, 0.29) is 30.0 Å². The number of nitrogens with two attached hydrogens (primary N) is 1. The van der Waals surface area contributed by atoms with Crippen LogP contribution in [0.3, 0.4) is 0 Å². The molecule has 0 aromatic heterocycles. The molecular weight excluding hydrogens is 482 g/mol. The largest absolute Gasteiger partial charge is 0.370 e. The summed E-state index contributed by atoms with van der Waals surface area (Å²) < 4.78 is 0. The van der Waals surface area contributed by atoms with Crippen molar-refractivity contribution in [3.63, 3.8) is 0 Å². The zero-order valence-corrected chi connectivity index (χ0v) is 19.0. The molecule has 4 nitrogen and oxygen atoms in total. The van der Waals surface area contributed by atoms with Gasteiger partial charge in [-0.3, -0.25) is 0 Å². The Hall–Kier alpha value is -1.02. The lowest BCUT2D eigenvalue weighted by Gasteiger charge is -2.16. The van der Waals surface area contributed by atoms with Gasteiger partial charge in [-0.25, -0.2) is 4.99 Å². The minimum atomic E-state index is -0.0593. The molecule has 7 heteroatoms. The van der Waals surface area contributed by atoms with E-state index in [2.05, 4.69) is 53.6 Å². The van der Waals surface area contributed by atoms with Gasteiger partial charge in [0.25, 0.3) is 0 Å². The van der Waals surface area contributed by atoms with Gasteiger partial charge in [0.2, 0.25) is 0 Å². The molecule has 0 aliphatic heterocycles. The molecule has 0 radical (unpaired) electrons. The van der Waals surface area contributed by atoms with Crippen molar-refractivity contribution in [2.75, 3.05) is 14.1 Å². The molecular formula is C19H25Cl2IN4. The summed E-state index contributed by atoms with van der Waals surface area (Å²) in [6, 6.07) is 13.7. The highest BCUT2D eigenvalue weighted by Gasteiger charge is 2.10. The monoisotopic (exact) mass is 506 g/mol. The topological polar surface area (TPSA) is 53.6 Å². The molecule has 2 aromatic carbocycles. The predicted octanol–water partition coefficient (Wildman–Crippen LogP) is 4.84. The average molecular weight is 507 g/mol. The lowest BCUT2D eigenvalue weighted by molar-refractivity contribution is 0.402. The molecule has 1 atom stereocenters. The molecule has 0 spiro atoms. The highest BCUT2D eigenvalue weighted by molar-refractivity contribution is 14.0. The zero-order valence-electron chi connectivity index (χ0n) is 15.2. The molecule has 0 bridgehead atoms. The fourth-order valence-corrected chi connectivity index (χ4v) is 3.06. The highest BCUT2D eigenvalue weighted by atomic mass is 127. The standard InChI is InChI=1S/C19H24Cl2N4.HI/c1-13(17-9-8-16(20)10-18(17)21)24-19(22)23-11-14-4-6-15(7-5-14)12-25(2)3;/h4-10,13H,11-12H2,1-3H3,(H3,22,23,24);1H. The first-order valence-corrected chi connectivity index (χ1v) is 8.84. The summed E-state index contributed by atoms with van der Waals surface area (Å²) in [6.07, 6.45) is 0. The van der Waals surface area contributed by atoms with Crippen molar-refractivity contribution in [3.05, 3.63) is 69.2 Å². The first-order chi connectivity index (χ1) is 11.8. The van der Waals surface area contributed by atoms with E-state index in [1.165, 1.54) is 5.56 Å². The molecule has 0 saturated carbocycles. The minimum Gasteiger partial charge on any atom is -0.370 e. The van der Waals surface area contributed by atoms with Crippen LogP contribution in [-0.2, 0) is 13.1 Å². The van der Waals surface area contributed by atoms with Crippen LogP contribution in [0.5, 0.6) is 0 Å². The van der Waals surface area contributed by atoms with Crippen molar-refractivity contribution in [3.8, 4) is 0 Å². The summed E-state index contributed by atoms with van der Waals surface area (Å²) in [4.78, 5) is 6.54. The van der Waals surface area contributed by atoms with E-state index in [0.29, 0.717) is 22.5 Å². The summed E-state index contributed by atoms with van der Waals surface area (Å²) in [7, 11) is 4.11. The van der Waals surface area contributed by atoms with Crippen LogP contribution in [-0.4, -0.2) is 25.0 Å². The van der Waals surface area contributed by atoms with Crippen molar-refractivity contribution in [1.29, 1.82) is 0 Å². The Balaban J connectivity index is 0.00000338. The smallest absolute Gasteiger partial charge is 0.189 e. The SMILES string of the molecule is CC(NC(N)=NCc1ccc(CN(C)C)cc1)c1ccc(Cl)cc1Cl.I. The van der Waals surface area contributed by atoms with Gasteiger partial charge in [-0.05, 0) is 49.8 Å². The molecule has 1 unspecified atom stereocenters. The van der Waals surface area contributed by atoms with E-state index < -0.39 is 0 Å². The van der Waals surface area contributed by atoms with E-state index >= 15 is 0 Å². The molecule has 142 valence electrons. The number of rotatable bonds is 6. The van der Waals surface area contributed by atoms with Crippen molar-refractivity contribution >= 4 is 53.1 Å². The van der Waals surface area contributed by atoms with Crippen molar-refractivity contribution in [1.82, 2.24) is 10.2 Å². The van der Waals surface area contributed by atoms with Gasteiger partial charge in [0.05, 0.1) is 12.6 Å². The summed E-state index contributed by atoms with van der Waals surface area (Å²) in [5.41, 5.74) is 9.31. The Morgan fingerprint density at radius 1 is 1.12 bits per heavy atom. The maximum atomic E-state index is 6.22. The van der Waals surface area contributed by atoms with Crippen LogP contribution in [0.15, 0.2) is 47.5 Å². The Morgan fingerprint density at radius 3 is 2.31 bits per heavy atom. The third-order valence-corrected chi connectivity index (χ3v) is 4.31. The fourth-order valence-electron chi connectivity index (χ4n) is 2.49. The van der Waals surface area contributed by atoms with E-state index in [0.717, 1.165) is 17.7 Å². The third kappa shape index (κ3) is 7.31. The number of benzene rings is 2. The van der Waals surface area contributed by atoms with E-state index in [4.69, 9.17) is 28.9 Å². The number of hydrogen-bond acceptors (Lipinski definition) is 2. The summed E-state index contributed by atoms with van der Waals surface area (Å²) >= 11 is 12.2. The van der Waals surface area contributed by atoms with Gasteiger partial charge in [0.15, 0.2) is 5.96 Å². The summed E-state index contributed by atoms with van der Waals surface area (Å²) in [5, 5.41) is 4.38. The Morgan fingerprint density at radius 2 is 1.73 bits per heavy atom. The highest BCUT2D eigenvalue weighted by Crippen LogP contribution is 2.25. The zero-order chi connectivity index (χ0) is 18.4. The van der Waals surface area contributed by atoms with Crippen LogP contribution in [0.4, 0.5) is 0 Å². The maximum absolute atomic E-state index is 6.22. The Labute approximate surface area is 182 Å². The molecule has 2 rings (SSSR count). The number of halogens is 3. The quantitative estimate of drug-likeness (QED) is 0.335. The van der Waals surface area contributed by atoms with Gasteiger partial charge < -0.3 is 16.0 Å². The molecule has 3 N–H and O–H groups in total. The van der Waals surface area contributed by atoms with E-state index in [1.807, 2.05) is 19.1 Å². The van der Waals surface area contributed by atoms with Crippen LogP contribution in [0, 0.1) is 0 Å². The minimum absolute atomic E-state index is 0. The van der Waals surface area contributed by atoms with Gasteiger partial charge in [-0.1, -0.05) is 53.5 Å². The molecule has 0 amide bonds. The molecule has 0 aliphatic carbocycles. The van der Waals surface area contributed by atoms with Crippen LogP contribution >= 0.6 is 47.2 Å². The molecule has 0 fully saturated rings. The second kappa shape index (κ2) is 11.0. The summed E-state index contributed by atoms with van der Waals surface area (Å²) in [5.74, 6) is 0.385. The fraction of sp³-hybridized carbons (Fsp3) is 0.316.